The van der Waals surface area contributed by atoms with Gasteiger partial charge in [-0.25, -0.2) is 0 Å². The first-order chi connectivity index (χ1) is 11.6. The molecule has 1 unspecified atom stereocenters. The van der Waals surface area contributed by atoms with Crippen LogP contribution in [0.5, 0.6) is 0 Å². The van der Waals surface area contributed by atoms with E-state index in [0.717, 1.165) is 12.0 Å². The Bertz CT molecular complexity index is 632. The van der Waals surface area contributed by atoms with E-state index in [0.29, 0.717) is 17.9 Å². The van der Waals surface area contributed by atoms with Crippen molar-refractivity contribution in [2.75, 3.05) is 6.61 Å². The summed E-state index contributed by atoms with van der Waals surface area (Å²) in [7, 11) is 0. The Morgan fingerprint density at radius 2 is 1.88 bits per heavy atom. The van der Waals surface area contributed by atoms with E-state index in [4.69, 9.17) is 4.74 Å². The fourth-order valence-corrected chi connectivity index (χ4v) is 2.76. The number of ether oxygens (including phenoxy) is 1. The predicted octanol–water partition coefficient (Wildman–Crippen LogP) is 3.78. The van der Waals surface area contributed by atoms with Crippen LogP contribution in [-0.2, 0) is 14.3 Å². The minimum absolute atomic E-state index is 0.0820. The SMILES string of the molecule is CCOC1=C(C(C)=O)C(=O)C(O)(CC=C(C)C)C(O)=C1CCC(C)C. The lowest BCUT2D eigenvalue weighted by atomic mass is 9.77. The maximum atomic E-state index is 12.8. The van der Waals surface area contributed by atoms with Crippen molar-refractivity contribution < 1.29 is 24.5 Å². The van der Waals surface area contributed by atoms with Crippen molar-refractivity contribution in [1.82, 2.24) is 0 Å². The molecule has 0 fully saturated rings. The third-order valence-corrected chi connectivity index (χ3v) is 4.20. The van der Waals surface area contributed by atoms with Crippen molar-refractivity contribution in [2.45, 2.75) is 66.4 Å². The Morgan fingerprint density at radius 1 is 1.28 bits per heavy atom. The summed E-state index contributed by atoms with van der Waals surface area (Å²) in [6, 6.07) is 0. The average molecular weight is 350 g/mol. The lowest BCUT2D eigenvalue weighted by Gasteiger charge is -2.33. The van der Waals surface area contributed by atoms with Gasteiger partial charge in [-0.15, -0.1) is 0 Å². The van der Waals surface area contributed by atoms with Gasteiger partial charge in [-0.2, -0.15) is 0 Å². The normalized spacial score (nSPS) is 21.0. The molecule has 0 aromatic heterocycles. The largest absolute Gasteiger partial charge is 0.508 e. The van der Waals surface area contributed by atoms with Gasteiger partial charge in [-0.3, -0.25) is 9.59 Å². The highest BCUT2D eigenvalue weighted by Gasteiger charge is 2.49. The molecule has 5 heteroatoms. The van der Waals surface area contributed by atoms with Gasteiger partial charge in [0, 0.05) is 12.0 Å². The zero-order valence-electron chi connectivity index (χ0n) is 16.1. The molecule has 0 saturated carbocycles. The first kappa shape index (κ1) is 21.2. The molecule has 0 aromatic rings. The van der Waals surface area contributed by atoms with Crippen LogP contribution in [0.4, 0.5) is 0 Å². The van der Waals surface area contributed by atoms with Gasteiger partial charge in [0.2, 0.25) is 5.78 Å². The molecule has 1 aliphatic carbocycles. The second-order valence-electron chi connectivity index (χ2n) is 7.13. The maximum absolute atomic E-state index is 12.8. The summed E-state index contributed by atoms with van der Waals surface area (Å²) in [5.41, 5.74) is -1.03. The minimum Gasteiger partial charge on any atom is -0.508 e. The summed E-state index contributed by atoms with van der Waals surface area (Å²) < 4.78 is 5.55. The molecule has 0 saturated heterocycles. The third kappa shape index (κ3) is 4.60. The molecule has 5 nitrogen and oxygen atoms in total. The highest BCUT2D eigenvalue weighted by Crippen LogP contribution is 2.39. The summed E-state index contributed by atoms with van der Waals surface area (Å²) in [4.78, 5) is 25.0. The summed E-state index contributed by atoms with van der Waals surface area (Å²) in [5, 5.41) is 21.7. The molecule has 2 N–H and O–H groups in total. The van der Waals surface area contributed by atoms with Crippen molar-refractivity contribution in [1.29, 1.82) is 0 Å². The Kier molecular flexibility index (Phi) is 7.17. The molecule has 0 aliphatic heterocycles. The van der Waals surface area contributed by atoms with E-state index >= 15 is 0 Å². The number of hydrogen-bond donors (Lipinski definition) is 2. The van der Waals surface area contributed by atoms with Crippen molar-refractivity contribution in [3.05, 3.63) is 34.3 Å². The van der Waals surface area contributed by atoms with Crippen molar-refractivity contribution in [3.63, 3.8) is 0 Å². The minimum atomic E-state index is -2.12. The molecule has 1 rings (SSSR count). The number of Topliss-reactive ketones (excluding diaryl/α,β-unsaturated/α-hetero) is 2. The first-order valence-electron chi connectivity index (χ1n) is 8.77. The molecule has 140 valence electrons. The summed E-state index contributed by atoms with van der Waals surface area (Å²) >= 11 is 0. The van der Waals surface area contributed by atoms with Gasteiger partial charge in [-0.05, 0) is 46.5 Å². The zero-order chi connectivity index (χ0) is 19.4. The second-order valence-corrected chi connectivity index (χ2v) is 7.13. The average Bonchev–Trinajstić information content (AvgIpc) is 2.50. The van der Waals surface area contributed by atoms with Crippen LogP contribution in [0, 0.1) is 5.92 Å². The summed E-state index contributed by atoms with van der Waals surface area (Å²) in [6.45, 7) is 11.0. The molecule has 25 heavy (non-hydrogen) atoms. The Hall–Kier alpha value is -1.88. The molecule has 1 aliphatic rings. The van der Waals surface area contributed by atoms with E-state index in [9.17, 15) is 19.8 Å². The van der Waals surface area contributed by atoms with Gasteiger partial charge in [0.05, 0.1) is 6.61 Å². The molecule has 0 spiro atoms. The highest BCUT2D eigenvalue weighted by molar-refractivity contribution is 6.24. The van der Waals surface area contributed by atoms with Gasteiger partial charge in [0.25, 0.3) is 0 Å². The Morgan fingerprint density at radius 3 is 2.32 bits per heavy atom. The standard InChI is InChI=1S/C20H30O5/c1-7-25-17-15(9-8-12(2)3)18(22)20(24,11-10-13(4)5)19(23)16(17)14(6)21/h10,12,22,24H,7-9,11H2,1-6H3. The maximum Gasteiger partial charge on any atom is 0.209 e. The van der Waals surface area contributed by atoms with Crippen LogP contribution in [0.25, 0.3) is 0 Å². The van der Waals surface area contributed by atoms with Crippen molar-refractivity contribution >= 4 is 11.6 Å². The van der Waals surface area contributed by atoms with Crippen LogP contribution in [0.2, 0.25) is 0 Å². The van der Waals surface area contributed by atoms with E-state index < -0.39 is 22.9 Å². The molecular formula is C20H30O5. The fraction of sp³-hybridized carbons (Fsp3) is 0.600. The Labute approximate surface area is 150 Å². The molecule has 0 radical (unpaired) electrons. The highest BCUT2D eigenvalue weighted by atomic mass is 16.5. The number of aliphatic hydroxyl groups is 2. The lowest BCUT2D eigenvalue weighted by molar-refractivity contribution is -0.135. The lowest BCUT2D eigenvalue weighted by Crippen LogP contribution is -2.46. The molecule has 0 heterocycles. The Balaban J connectivity index is 3.57. The van der Waals surface area contributed by atoms with E-state index in [1.54, 1.807) is 13.0 Å². The number of hydrogen-bond acceptors (Lipinski definition) is 5. The van der Waals surface area contributed by atoms with Gasteiger partial charge in [-0.1, -0.05) is 25.5 Å². The van der Waals surface area contributed by atoms with Gasteiger partial charge in [0.15, 0.2) is 11.4 Å². The number of aliphatic hydroxyl groups excluding tert-OH is 1. The van der Waals surface area contributed by atoms with Crippen molar-refractivity contribution in [3.8, 4) is 0 Å². The van der Waals surface area contributed by atoms with Crippen LogP contribution < -0.4 is 0 Å². The van der Waals surface area contributed by atoms with E-state index in [1.807, 2.05) is 27.7 Å². The van der Waals surface area contributed by atoms with E-state index in [2.05, 4.69) is 0 Å². The zero-order valence-corrected chi connectivity index (χ0v) is 16.1. The topological polar surface area (TPSA) is 83.8 Å². The van der Waals surface area contributed by atoms with E-state index in [1.165, 1.54) is 6.92 Å². The van der Waals surface area contributed by atoms with Crippen LogP contribution in [-0.4, -0.2) is 34.0 Å². The van der Waals surface area contributed by atoms with Crippen molar-refractivity contribution in [2.24, 2.45) is 5.92 Å². The van der Waals surface area contributed by atoms with Gasteiger partial charge < -0.3 is 14.9 Å². The number of rotatable bonds is 8. The smallest absolute Gasteiger partial charge is 0.209 e. The molecule has 0 aromatic carbocycles. The molecule has 0 bridgehead atoms. The molecular weight excluding hydrogens is 320 g/mol. The predicted molar refractivity (Wildman–Crippen MR) is 97.1 cm³/mol. The number of ketones is 2. The van der Waals surface area contributed by atoms with Gasteiger partial charge in [0.1, 0.15) is 17.1 Å². The fourth-order valence-electron chi connectivity index (χ4n) is 2.76. The van der Waals surface area contributed by atoms with Gasteiger partial charge >= 0.3 is 0 Å². The van der Waals surface area contributed by atoms with Crippen LogP contribution in [0.3, 0.4) is 0 Å². The number of carbonyl (C=O) groups excluding carboxylic acids is 2. The molecule has 1 atom stereocenters. The number of allylic oxidation sites excluding steroid dienone is 2. The van der Waals surface area contributed by atoms with Crippen LogP contribution in [0.1, 0.15) is 60.8 Å². The van der Waals surface area contributed by atoms with E-state index in [-0.39, 0.29) is 24.4 Å². The first-order valence-corrected chi connectivity index (χ1v) is 8.77. The quantitative estimate of drug-likeness (QED) is 0.514. The monoisotopic (exact) mass is 350 g/mol. The summed E-state index contributed by atoms with van der Waals surface area (Å²) in [6.07, 6.45) is 2.74. The second kappa shape index (κ2) is 8.48. The number of carbonyl (C=O) groups is 2. The third-order valence-electron chi connectivity index (χ3n) is 4.20. The molecule has 0 amide bonds. The van der Waals surface area contributed by atoms with Crippen LogP contribution >= 0.6 is 0 Å². The summed E-state index contributed by atoms with van der Waals surface area (Å²) in [5.74, 6) is -1.21. The van der Waals surface area contributed by atoms with Crippen LogP contribution in [0.15, 0.2) is 34.3 Å².